The summed E-state index contributed by atoms with van der Waals surface area (Å²) in [5.74, 6) is 0.591. The van der Waals surface area contributed by atoms with Gasteiger partial charge in [0.1, 0.15) is 0 Å². The summed E-state index contributed by atoms with van der Waals surface area (Å²) in [7, 11) is 0. The van der Waals surface area contributed by atoms with Crippen LogP contribution in [-0.4, -0.2) is 0 Å². The van der Waals surface area contributed by atoms with Crippen LogP contribution in [0.15, 0.2) is 90.1 Å². The van der Waals surface area contributed by atoms with E-state index in [1.54, 1.807) is 0 Å². The van der Waals surface area contributed by atoms with Gasteiger partial charge in [0.25, 0.3) is 0 Å². The second-order valence-electron chi connectivity index (χ2n) is 7.25. The van der Waals surface area contributed by atoms with Gasteiger partial charge in [-0.1, -0.05) is 91.1 Å². The lowest BCUT2D eigenvalue weighted by Crippen LogP contribution is -2.35. The summed E-state index contributed by atoms with van der Waals surface area (Å²) in [6.07, 6.45) is 32.2. The van der Waals surface area contributed by atoms with E-state index in [0.29, 0.717) is 5.92 Å². The van der Waals surface area contributed by atoms with Crippen LogP contribution in [0.3, 0.4) is 0 Å². The largest absolute Gasteiger partial charge is 0.0836 e. The molecule has 0 amide bonds. The molecule has 5 aliphatic carbocycles. The molecule has 1 atom stereocenters. The molecule has 0 aliphatic heterocycles. The van der Waals surface area contributed by atoms with Gasteiger partial charge in [-0.15, -0.1) is 0 Å². The fraction of sp³-hybridized carbons (Fsp3) is 0.154. The van der Waals surface area contributed by atoms with Gasteiger partial charge in [0.2, 0.25) is 0 Å². The standard InChI is InChI=1S/C18H16.C8H6/c1-3-7-15-13(5-1)9-11-18-16-8-4-2-6-14(16)10-12-17(15)18;1-3-7-5-2-6-8(7)4-1/h1,3-5,7-8,10-13H,2,6,9H2;1-6H. The third kappa shape index (κ3) is 2.63. The van der Waals surface area contributed by atoms with Crippen LogP contribution < -0.4 is 10.4 Å². The van der Waals surface area contributed by atoms with Crippen LogP contribution >= 0.6 is 0 Å². The molecule has 0 nitrogen and oxygen atoms in total. The van der Waals surface area contributed by atoms with Crippen LogP contribution in [0.2, 0.25) is 0 Å². The van der Waals surface area contributed by atoms with Crippen molar-refractivity contribution in [2.45, 2.75) is 19.3 Å². The van der Waals surface area contributed by atoms with E-state index in [1.807, 2.05) is 0 Å². The molecule has 0 N–H and O–H groups in total. The number of benzene rings is 1. The van der Waals surface area contributed by atoms with Gasteiger partial charge in [0, 0.05) is 5.92 Å². The number of hydrogen-bond donors (Lipinski definition) is 0. The zero-order chi connectivity index (χ0) is 17.3. The number of allylic oxidation sites excluding steroid dienone is 13. The van der Waals surface area contributed by atoms with Gasteiger partial charge in [-0.25, -0.2) is 0 Å². The Morgan fingerprint density at radius 3 is 2.50 bits per heavy atom. The Kier molecular flexibility index (Phi) is 3.83. The van der Waals surface area contributed by atoms with Crippen molar-refractivity contribution in [3.8, 4) is 0 Å². The van der Waals surface area contributed by atoms with Crippen LogP contribution in [0, 0.1) is 5.92 Å². The maximum absolute atomic E-state index is 2.43. The van der Waals surface area contributed by atoms with Gasteiger partial charge >= 0.3 is 0 Å². The Bertz CT molecular complexity index is 1070. The van der Waals surface area contributed by atoms with Crippen LogP contribution in [0.25, 0.3) is 17.7 Å². The molecule has 0 heterocycles. The minimum atomic E-state index is 0.591. The lowest BCUT2D eigenvalue weighted by Gasteiger charge is -2.21. The minimum Gasteiger partial charge on any atom is -0.0836 e. The van der Waals surface area contributed by atoms with Crippen molar-refractivity contribution in [1.29, 1.82) is 0 Å². The first-order valence-corrected chi connectivity index (χ1v) is 9.55. The highest BCUT2D eigenvalue weighted by molar-refractivity contribution is 5.70. The second-order valence-corrected chi connectivity index (χ2v) is 7.25. The molecule has 126 valence electrons. The number of aryl methyl sites for hydroxylation is 1. The smallest absolute Gasteiger partial charge is 0.00620 e. The predicted molar refractivity (Wildman–Crippen MR) is 112 cm³/mol. The molecule has 0 radical (unpaired) electrons. The molecule has 5 aliphatic rings. The zero-order valence-corrected chi connectivity index (χ0v) is 14.9. The fourth-order valence-corrected chi connectivity index (χ4v) is 4.34. The van der Waals surface area contributed by atoms with Crippen molar-refractivity contribution < 1.29 is 0 Å². The van der Waals surface area contributed by atoms with Crippen molar-refractivity contribution in [2.75, 3.05) is 0 Å². The highest BCUT2D eigenvalue weighted by Crippen LogP contribution is 2.25. The Morgan fingerprint density at radius 1 is 0.808 bits per heavy atom. The van der Waals surface area contributed by atoms with Crippen molar-refractivity contribution in [1.82, 2.24) is 0 Å². The van der Waals surface area contributed by atoms with Crippen LogP contribution in [0.5, 0.6) is 0 Å². The van der Waals surface area contributed by atoms with E-state index < -0.39 is 0 Å². The van der Waals surface area contributed by atoms with E-state index in [2.05, 4.69) is 91.1 Å². The summed E-state index contributed by atoms with van der Waals surface area (Å²) >= 11 is 0. The second kappa shape index (κ2) is 6.46. The molecule has 0 fully saturated rings. The highest BCUT2D eigenvalue weighted by Gasteiger charge is 2.17. The SMILES string of the molecule is C1=CC2=CC=CC2=C1.C1=CC2=c3ccc4c(c3=CCC2C=C1)C=CCC4. The molecule has 0 spiro atoms. The Labute approximate surface area is 155 Å². The van der Waals surface area contributed by atoms with Gasteiger partial charge in [-0.2, -0.15) is 0 Å². The molecule has 0 saturated carbocycles. The third-order valence-corrected chi connectivity index (χ3v) is 5.70. The lowest BCUT2D eigenvalue weighted by molar-refractivity contribution is 0.860. The fourth-order valence-electron chi connectivity index (χ4n) is 4.34. The molecule has 1 aromatic carbocycles. The monoisotopic (exact) mass is 334 g/mol. The number of hydrogen-bond acceptors (Lipinski definition) is 0. The molecule has 0 heteroatoms. The van der Waals surface area contributed by atoms with E-state index in [0.717, 1.165) is 6.42 Å². The molecule has 1 aromatic rings. The maximum Gasteiger partial charge on any atom is 0.00620 e. The molecule has 0 saturated heterocycles. The van der Waals surface area contributed by atoms with Crippen molar-refractivity contribution in [2.24, 2.45) is 5.92 Å². The summed E-state index contributed by atoms with van der Waals surface area (Å²) < 4.78 is 0. The summed E-state index contributed by atoms with van der Waals surface area (Å²) in [6.45, 7) is 0. The Morgan fingerprint density at radius 2 is 1.65 bits per heavy atom. The average Bonchev–Trinajstić information content (AvgIpc) is 3.33. The van der Waals surface area contributed by atoms with Crippen molar-refractivity contribution in [3.63, 3.8) is 0 Å². The topological polar surface area (TPSA) is 0 Å². The van der Waals surface area contributed by atoms with E-state index >= 15 is 0 Å². The summed E-state index contributed by atoms with van der Waals surface area (Å²) in [4.78, 5) is 0. The van der Waals surface area contributed by atoms with Gasteiger partial charge in [0.05, 0.1) is 0 Å². The average molecular weight is 334 g/mol. The summed E-state index contributed by atoms with van der Waals surface area (Å²) in [5, 5.41) is 2.91. The molecule has 26 heavy (non-hydrogen) atoms. The first kappa shape index (κ1) is 15.4. The summed E-state index contributed by atoms with van der Waals surface area (Å²) in [5.41, 5.74) is 7.18. The van der Waals surface area contributed by atoms with Crippen molar-refractivity contribution in [3.05, 3.63) is 112 Å². The van der Waals surface area contributed by atoms with E-state index in [9.17, 15) is 0 Å². The minimum absolute atomic E-state index is 0.591. The molecule has 6 rings (SSSR count). The number of fused-ring (bicyclic) bond motifs is 5. The third-order valence-electron chi connectivity index (χ3n) is 5.70. The molecule has 0 aromatic heterocycles. The van der Waals surface area contributed by atoms with E-state index in [1.165, 1.54) is 51.1 Å². The van der Waals surface area contributed by atoms with Crippen LogP contribution in [-0.2, 0) is 6.42 Å². The molecule has 0 bridgehead atoms. The quantitative estimate of drug-likeness (QED) is 0.645. The normalized spacial score (nSPS) is 22.5. The van der Waals surface area contributed by atoms with Crippen LogP contribution in [0.4, 0.5) is 0 Å². The van der Waals surface area contributed by atoms with Gasteiger partial charge in [-0.05, 0) is 57.5 Å². The van der Waals surface area contributed by atoms with Gasteiger partial charge in [-0.3, -0.25) is 0 Å². The number of rotatable bonds is 0. The predicted octanol–water partition coefficient (Wildman–Crippen LogP) is 4.70. The molecular weight excluding hydrogens is 312 g/mol. The van der Waals surface area contributed by atoms with Crippen molar-refractivity contribution >= 4 is 17.7 Å². The highest BCUT2D eigenvalue weighted by atomic mass is 14.2. The van der Waals surface area contributed by atoms with Gasteiger partial charge < -0.3 is 0 Å². The lowest BCUT2D eigenvalue weighted by atomic mass is 9.83. The van der Waals surface area contributed by atoms with E-state index in [4.69, 9.17) is 0 Å². The Balaban J connectivity index is 0.000000156. The first-order chi connectivity index (χ1) is 12.9. The zero-order valence-electron chi connectivity index (χ0n) is 14.9. The molecular formula is C26H22. The maximum atomic E-state index is 2.43. The first-order valence-electron chi connectivity index (χ1n) is 9.55. The Hall–Kier alpha value is -2.86. The van der Waals surface area contributed by atoms with E-state index in [-0.39, 0.29) is 0 Å². The van der Waals surface area contributed by atoms with Crippen LogP contribution in [0.1, 0.15) is 24.0 Å². The summed E-state index contributed by atoms with van der Waals surface area (Å²) in [6, 6.07) is 4.65. The van der Waals surface area contributed by atoms with Gasteiger partial charge in [0.15, 0.2) is 0 Å². The molecule has 1 unspecified atom stereocenters.